The lowest BCUT2D eigenvalue weighted by molar-refractivity contribution is 0.415. The molecule has 0 atom stereocenters. The second kappa shape index (κ2) is 6.32. The van der Waals surface area contributed by atoms with Gasteiger partial charge in [-0.05, 0) is 24.3 Å². The average molecular weight is 391 g/mol. The van der Waals surface area contributed by atoms with Gasteiger partial charge in [0.05, 0.1) is 0 Å². The Labute approximate surface area is 122 Å². The van der Waals surface area contributed by atoms with E-state index in [1.807, 2.05) is 12.1 Å². The van der Waals surface area contributed by atoms with E-state index in [0.717, 1.165) is 8.95 Å². The van der Waals surface area contributed by atoms with Gasteiger partial charge in [0, 0.05) is 25.6 Å². The Morgan fingerprint density at radius 2 is 1.28 bits per heavy atom. The largest absolute Gasteiger partial charge is 0.805 e. The van der Waals surface area contributed by atoms with E-state index in [1.54, 1.807) is 36.4 Å². The maximum Gasteiger partial charge on any atom is 0.805 e. The van der Waals surface area contributed by atoms with Gasteiger partial charge in [0.25, 0.3) is 0 Å². The Bertz CT molecular complexity index is 525. The highest BCUT2D eigenvalue weighted by Gasteiger charge is 2.24. The van der Waals surface area contributed by atoms with Crippen molar-refractivity contribution < 1.29 is 13.6 Å². The average Bonchev–Trinajstić information content (AvgIpc) is 2.28. The molecular formula is C12H8Br2O3P+. The van der Waals surface area contributed by atoms with E-state index in [4.69, 9.17) is 9.05 Å². The van der Waals surface area contributed by atoms with Gasteiger partial charge in [-0.1, -0.05) is 44.0 Å². The summed E-state index contributed by atoms with van der Waals surface area (Å²) in [6, 6.07) is 14.2. The molecule has 3 nitrogen and oxygen atoms in total. The predicted octanol–water partition coefficient (Wildman–Crippen LogP) is 5.33. The molecule has 2 rings (SSSR count). The first-order chi connectivity index (χ1) is 8.63. The van der Waals surface area contributed by atoms with Crippen molar-refractivity contribution in [3.63, 3.8) is 0 Å². The normalized spacial score (nSPS) is 9.89. The molecule has 0 aliphatic heterocycles. The minimum absolute atomic E-state index is 0.487. The van der Waals surface area contributed by atoms with Gasteiger partial charge in [-0.2, -0.15) is 0 Å². The summed E-state index contributed by atoms with van der Waals surface area (Å²) in [7, 11) is -2.25. The minimum atomic E-state index is -2.25. The van der Waals surface area contributed by atoms with E-state index < -0.39 is 8.25 Å². The summed E-state index contributed by atoms with van der Waals surface area (Å²) in [5.41, 5.74) is 0. The van der Waals surface area contributed by atoms with Crippen molar-refractivity contribution in [3.8, 4) is 11.5 Å². The monoisotopic (exact) mass is 389 g/mol. The molecule has 0 fully saturated rings. The number of hydrogen-bond donors (Lipinski definition) is 0. The second-order valence-electron chi connectivity index (χ2n) is 3.32. The molecule has 0 radical (unpaired) electrons. The van der Waals surface area contributed by atoms with E-state index in [1.165, 1.54) is 0 Å². The van der Waals surface area contributed by atoms with E-state index in [2.05, 4.69) is 31.9 Å². The molecule has 0 aromatic heterocycles. The van der Waals surface area contributed by atoms with Crippen LogP contribution in [0.2, 0.25) is 0 Å². The highest BCUT2D eigenvalue weighted by atomic mass is 79.9. The van der Waals surface area contributed by atoms with Crippen LogP contribution >= 0.6 is 40.1 Å². The Morgan fingerprint density at radius 3 is 1.67 bits per heavy atom. The van der Waals surface area contributed by atoms with Gasteiger partial charge in [0.15, 0.2) is 11.5 Å². The van der Waals surface area contributed by atoms with Gasteiger partial charge in [-0.3, -0.25) is 0 Å². The molecule has 0 heterocycles. The number of rotatable bonds is 4. The fraction of sp³-hybridized carbons (Fsp3) is 0. The second-order valence-corrected chi connectivity index (χ2v) is 5.96. The summed E-state index contributed by atoms with van der Waals surface area (Å²) in [5, 5.41) is 0. The highest BCUT2D eigenvalue weighted by Crippen LogP contribution is 2.32. The summed E-state index contributed by atoms with van der Waals surface area (Å²) in [5.74, 6) is 0.973. The maximum atomic E-state index is 11.7. The molecule has 0 N–H and O–H groups in total. The van der Waals surface area contributed by atoms with Crippen LogP contribution in [-0.2, 0) is 4.57 Å². The van der Waals surface area contributed by atoms with Crippen LogP contribution in [-0.4, -0.2) is 0 Å². The Morgan fingerprint density at radius 1 is 0.833 bits per heavy atom. The third-order valence-corrected chi connectivity index (χ3v) is 3.66. The lowest BCUT2D eigenvalue weighted by Crippen LogP contribution is -1.88. The van der Waals surface area contributed by atoms with Crippen LogP contribution in [0.5, 0.6) is 11.5 Å². The molecule has 0 saturated carbocycles. The van der Waals surface area contributed by atoms with Crippen LogP contribution in [0.3, 0.4) is 0 Å². The third kappa shape index (κ3) is 4.09. The van der Waals surface area contributed by atoms with Gasteiger partial charge in [0.1, 0.15) is 0 Å². The third-order valence-electron chi connectivity index (χ3n) is 1.95. The molecule has 2 aromatic rings. The molecule has 18 heavy (non-hydrogen) atoms. The van der Waals surface area contributed by atoms with Crippen LogP contribution in [0.25, 0.3) is 0 Å². The van der Waals surface area contributed by atoms with Crippen molar-refractivity contribution in [1.82, 2.24) is 0 Å². The lowest BCUT2D eigenvalue weighted by atomic mass is 10.3. The summed E-state index contributed by atoms with van der Waals surface area (Å²) < 4.78 is 23.7. The zero-order valence-electron chi connectivity index (χ0n) is 9.05. The quantitative estimate of drug-likeness (QED) is 0.662. The Hall–Kier alpha value is -0.900. The van der Waals surface area contributed by atoms with E-state index >= 15 is 0 Å². The summed E-state index contributed by atoms with van der Waals surface area (Å²) in [6.45, 7) is 0. The molecule has 0 aliphatic rings. The van der Waals surface area contributed by atoms with Gasteiger partial charge in [-0.15, -0.1) is 0 Å². The van der Waals surface area contributed by atoms with Crippen LogP contribution in [0, 0.1) is 0 Å². The first-order valence-corrected chi connectivity index (χ1v) is 7.66. The molecule has 0 amide bonds. The van der Waals surface area contributed by atoms with Crippen molar-refractivity contribution in [2.24, 2.45) is 0 Å². The Kier molecular flexibility index (Phi) is 4.75. The summed E-state index contributed by atoms with van der Waals surface area (Å²) in [6.07, 6.45) is 0. The molecule has 0 saturated heterocycles. The standard InChI is InChI=1S/C12H8Br2O3P/c13-9-3-1-5-11(7-9)16-18(15)17-12-6-2-4-10(14)8-12/h1-8H/q+1. The Balaban J connectivity index is 2.01. The first-order valence-electron chi connectivity index (χ1n) is 4.98. The van der Waals surface area contributed by atoms with Gasteiger partial charge in [0.2, 0.25) is 0 Å². The molecule has 0 spiro atoms. The zero-order chi connectivity index (χ0) is 13.0. The number of halogens is 2. The predicted molar refractivity (Wildman–Crippen MR) is 77.1 cm³/mol. The molecule has 2 aromatic carbocycles. The van der Waals surface area contributed by atoms with Crippen LogP contribution in [0.1, 0.15) is 0 Å². The fourth-order valence-electron chi connectivity index (χ4n) is 1.24. The molecule has 6 heteroatoms. The maximum absolute atomic E-state index is 11.7. The van der Waals surface area contributed by atoms with Gasteiger partial charge >= 0.3 is 8.25 Å². The molecule has 0 bridgehead atoms. The molecular weight excluding hydrogens is 383 g/mol. The SMILES string of the molecule is O=[P+](Oc1cccc(Br)c1)Oc1cccc(Br)c1. The van der Waals surface area contributed by atoms with Crippen molar-refractivity contribution in [2.75, 3.05) is 0 Å². The first kappa shape index (κ1) is 13.5. The minimum Gasteiger partial charge on any atom is -0.222 e. The van der Waals surface area contributed by atoms with Crippen molar-refractivity contribution in [3.05, 3.63) is 57.5 Å². The molecule has 0 unspecified atom stereocenters. The van der Waals surface area contributed by atoms with Crippen LogP contribution < -0.4 is 9.05 Å². The number of benzene rings is 2. The molecule has 0 aliphatic carbocycles. The zero-order valence-corrected chi connectivity index (χ0v) is 13.1. The topological polar surface area (TPSA) is 35.5 Å². The van der Waals surface area contributed by atoms with E-state index in [9.17, 15) is 4.57 Å². The summed E-state index contributed by atoms with van der Waals surface area (Å²) >= 11 is 6.61. The highest BCUT2D eigenvalue weighted by molar-refractivity contribution is 9.10. The summed E-state index contributed by atoms with van der Waals surface area (Å²) in [4.78, 5) is 0. The lowest BCUT2D eigenvalue weighted by Gasteiger charge is -1.95. The number of hydrogen-bond acceptors (Lipinski definition) is 3. The smallest absolute Gasteiger partial charge is 0.222 e. The van der Waals surface area contributed by atoms with Crippen LogP contribution in [0.4, 0.5) is 0 Å². The van der Waals surface area contributed by atoms with Crippen LogP contribution in [0.15, 0.2) is 57.5 Å². The van der Waals surface area contributed by atoms with Crippen molar-refractivity contribution in [2.45, 2.75) is 0 Å². The van der Waals surface area contributed by atoms with E-state index in [0.29, 0.717) is 11.5 Å². The van der Waals surface area contributed by atoms with Crippen molar-refractivity contribution >= 4 is 40.1 Å². The molecule has 92 valence electrons. The van der Waals surface area contributed by atoms with E-state index in [-0.39, 0.29) is 0 Å². The van der Waals surface area contributed by atoms with Gasteiger partial charge in [-0.25, -0.2) is 9.05 Å². The van der Waals surface area contributed by atoms with Crippen molar-refractivity contribution in [1.29, 1.82) is 0 Å². The fourth-order valence-corrected chi connectivity index (χ4v) is 2.60. The van der Waals surface area contributed by atoms with Gasteiger partial charge < -0.3 is 0 Å².